The van der Waals surface area contributed by atoms with Crippen molar-refractivity contribution >= 4 is 23.6 Å². The fraction of sp³-hybridized carbons (Fsp3) is 0.867. The molecule has 120 valence electrons. The highest BCUT2D eigenvalue weighted by atomic mass is 32.2. The zero-order chi connectivity index (χ0) is 15.3. The summed E-state index contributed by atoms with van der Waals surface area (Å²) in [5, 5.41) is 13.5. The molecule has 2 N–H and O–H groups in total. The maximum atomic E-state index is 12.6. The minimum atomic E-state index is -1.20. The van der Waals surface area contributed by atoms with Gasteiger partial charge in [-0.15, -0.1) is 0 Å². The van der Waals surface area contributed by atoms with E-state index in [0.717, 1.165) is 30.8 Å². The molecule has 6 heteroatoms. The largest absolute Gasteiger partial charge is 0.380 e. The van der Waals surface area contributed by atoms with Crippen LogP contribution in [0, 0.1) is 5.92 Å². The summed E-state index contributed by atoms with van der Waals surface area (Å²) in [6.07, 6.45) is 3.63. The van der Waals surface area contributed by atoms with Crippen LogP contribution in [-0.4, -0.2) is 58.6 Å². The first-order valence-corrected chi connectivity index (χ1v) is 9.09. The Labute approximate surface area is 130 Å². The van der Waals surface area contributed by atoms with Crippen molar-refractivity contribution in [2.24, 2.45) is 5.92 Å². The quantitative estimate of drug-likeness (QED) is 0.812. The molecule has 0 spiro atoms. The van der Waals surface area contributed by atoms with E-state index in [1.165, 1.54) is 0 Å². The summed E-state index contributed by atoms with van der Waals surface area (Å²) in [4.78, 5) is 26.4. The molecule has 1 atom stereocenters. The summed E-state index contributed by atoms with van der Waals surface area (Å²) in [7, 11) is 0. The second-order valence-corrected chi connectivity index (χ2v) is 7.25. The zero-order valence-corrected chi connectivity index (χ0v) is 13.6. The lowest BCUT2D eigenvalue weighted by Crippen LogP contribution is -2.55. The van der Waals surface area contributed by atoms with Gasteiger partial charge < -0.3 is 15.3 Å². The van der Waals surface area contributed by atoms with Crippen LogP contribution in [0.25, 0.3) is 0 Å². The topological polar surface area (TPSA) is 69.6 Å². The first kappa shape index (κ1) is 16.6. The van der Waals surface area contributed by atoms with E-state index in [1.807, 2.05) is 6.92 Å². The van der Waals surface area contributed by atoms with Crippen LogP contribution in [0.5, 0.6) is 0 Å². The second kappa shape index (κ2) is 7.49. The molecule has 5 nitrogen and oxygen atoms in total. The number of carbonyl (C=O) groups excluding carboxylic acids is 2. The molecule has 2 aliphatic rings. The van der Waals surface area contributed by atoms with Crippen LogP contribution in [0.1, 0.15) is 39.0 Å². The van der Waals surface area contributed by atoms with Gasteiger partial charge in [0.1, 0.15) is 5.60 Å². The number of thioether (sulfide) groups is 1. The van der Waals surface area contributed by atoms with Crippen molar-refractivity contribution in [1.82, 2.24) is 10.2 Å². The van der Waals surface area contributed by atoms with Gasteiger partial charge in [-0.3, -0.25) is 9.59 Å². The Morgan fingerprint density at radius 3 is 2.76 bits per heavy atom. The fourth-order valence-corrected chi connectivity index (χ4v) is 4.15. The molecule has 2 fully saturated rings. The summed E-state index contributed by atoms with van der Waals surface area (Å²) in [6.45, 7) is 3.81. The van der Waals surface area contributed by atoms with Crippen molar-refractivity contribution in [3.05, 3.63) is 0 Å². The third kappa shape index (κ3) is 4.13. The summed E-state index contributed by atoms with van der Waals surface area (Å²) in [6, 6.07) is 0. The Morgan fingerprint density at radius 2 is 2.10 bits per heavy atom. The highest BCUT2D eigenvalue weighted by molar-refractivity contribution is 7.99. The molecule has 0 aromatic rings. The molecular formula is C15H26N2O3S. The predicted molar refractivity (Wildman–Crippen MR) is 84.1 cm³/mol. The van der Waals surface area contributed by atoms with Crippen molar-refractivity contribution < 1.29 is 14.7 Å². The van der Waals surface area contributed by atoms with E-state index in [4.69, 9.17) is 0 Å². The standard InChI is InChI=1S/C15H26N2O3S/c1-2-7-16-13(18)12-4-3-8-17(11-12)14(19)15(20)5-9-21-10-6-15/h12,20H,2-11H2,1H3,(H,16,18). The first-order valence-electron chi connectivity index (χ1n) is 7.94. The van der Waals surface area contributed by atoms with Gasteiger partial charge in [0.25, 0.3) is 5.91 Å². The molecule has 2 rings (SSSR count). The smallest absolute Gasteiger partial charge is 0.254 e. The average molecular weight is 314 g/mol. The lowest BCUT2D eigenvalue weighted by Gasteiger charge is -2.39. The van der Waals surface area contributed by atoms with Gasteiger partial charge in [0, 0.05) is 19.6 Å². The lowest BCUT2D eigenvalue weighted by atomic mass is 9.91. The summed E-state index contributed by atoms with van der Waals surface area (Å²) >= 11 is 1.78. The predicted octanol–water partition coefficient (Wildman–Crippen LogP) is 1.01. The molecule has 0 aromatic carbocycles. The number of carbonyl (C=O) groups is 2. The molecule has 2 aliphatic heterocycles. The van der Waals surface area contributed by atoms with Crippen LogP contribution >= 0.6 is 11.8 Å². The van der Waals surface area contributed by atoms with Crippen molar-refractivity contribution in [1.29, 1.82) is 0 Å². The normalized spacial score (nSPS) is 25.4. The molecule has 0 radical (unpaired) electrons. The van der Waals surface area contributed by atoms with Gasteiger partial charge in [0.05, 0.1) is 5.92 Å². The Hall–Kier alpha value is -0.750. The van der Waals surface area contributed by atoms with Crippen molar-refractivity contribution in [2.75, 3.05) is 31.1 Å². The Morgan fingerprint density at radius 1 is 1.38 bits per heavy atom. The first-order chi connectivity index (χ1) is 10.1. The monoisotopic (exact) mass is 314 g/mol. The molecule has 1 unspecified atom stereocenters. The Bertz CT molecular complexity index is 383. The van der Waals surface area contributed by atoms with Gasteiger partial charge in [0.15, 0.2) is 0 Å². The van der Waals surface area contributed by atoms with E-state index >= 15 is 0 Å². The number of aliphatic hydroxyl groups is 1. The molecule has 0 aromatic heterocycles. The summed E-state index contributed by atoms with van der Waals surface area (Å²) in [5.41, 5.74) is -1.20. The molecular weight excluding hydrogens is 288 g/mol. The average Bonchev–Trinajstić information content (AvgIpc) is 2.52. The number of likely N-dealkylation sites (tertiary alicyclic amines) is 1. The fourth-order valence-electron chi connectivity index (χ4n) is 2.99. The zero-order valence-electron chi connectivity index (χ0n) is 12.8. The molecule has 2 heterocycles. The number of nitrogens with one attached hydrogen (secondary N) is 1. The van der Waals surface area contributed by atoms with Crippen LogP contribution < -0.4 is 5.32 Å². The molecule has 21 heavy (non-hydrogen) atoms. The number of rotatable bonds is 4. The van der Waals surface area contributed by atoms with Crippen LogP contribution in [0.3, 0.4) is 0 Å². The minimum absolute atomic E-state index is 0.0422. The Balaban J connectivity index is 1.93. The number of piperidine rings is 1. The molecule has 0 aliphatic carbocycles. The van der Waals surface area contributed by atoms with Gasteiger partial charge >= 0.3 is 0 Å². The maximum absolute atomic E-state index is 12.6. The molecule has 2 amide bonds. The van der Waals surface area contributed by atoms with Crippen molar-refractivity contribution in [3.63, 3.8) is 0 Å². The van der Waals surface area contributed by atoms with Crippen molar-refractivity contribution in [3.8, 4) is 0 Å². The van der Waals surface area contributed by atoms with Gasteiger partial charge in [-0.25, -0.2) is 0 Å². The van der Waals surface area contributed by atoms with E-state index in [1.54, 1.807) is 16.7 Å². The van der Waals surface area contributed by atoms with Crippen LogP contribution in [0.4, 0.5) is 0 Å². The van der Waals surface area contributed by atoms with Gasteiger partial charge in [-0.2, -0.15) is 11.8 Å². The van der Waals surface area contributed by atoms with E-state index in [9.17, 15) is 14.7 Å². The number of nitrogens with zero attached hydrogens (tertiary/aromatic N) is 1. The summed E-state index contributed by atoms with van der Waals surface area (Å²) in [5.74, 6) is 1.40. The van der Waals surface area contributed by atoms with E-state index in [0.29, 0.717) is 32.5 Å². The van der Waals surface area contributed by atoms with Gasteiger partial charge in [-0.05, 0) is 43.6 Å². The van der Waals surface area contributed by atoms with Crippen molar-refractivity contribution in [2.45, 2.75) is 44.6 Å². The lowest BCUT2D eigenvalue weighted by molar-refractivity contribution is -0.154. The minimum Gasteiger partial charge on any atom is -0.380 e. The van der Waals surface area contributed by atoms with Crippen LogP contribution in [0.15, 0.2) is 0 Å². The van der Waals surface area contributed by atoms with Gasteiger partial charge in [-0.1, -0.05) is 6.92 Å². The highest BCUT2D eigenvalue weighted by Gasteiger charge is 2.42. The van der Waals surface area contributed by atoms with Crippen LogP contribution in [-0.2, 0) is 9.59 Å². The van der Waals surface area contributed by atoms with Crippen LogP contribution in [0.2, 0.25) is 0 Å². The Kier molecular flexibility index (Phi) is 5.93. The number of hydrogen-bond donors (Lipinski definition) is 2. The molecule has 0 saturated carbocycles. The third-order valence-corrected chi connectivity index (χ3v) is 5.33. The maximum Gasteiger partial charge on any atom is 0.254 e. The SMILES string of the molecule is CCCNC(=O)C1CCCN(C(=O)C2(O)CCSCC2)C1. The number of amides is 2. The van der Waals surface area contributed by atoms with E-state index < -0.39 is 5.60 Å². The molecule has 0 bridgehead atoms. The van der Waals surface area contributed by atoms with E-state index in [2.05, 4.69) is 5.32 Å². The van der Waals surface area contributed by atoms with E-state index in [-0.39, 0.29) is 17.7 Å². The third-order valence-electron chi connectivity index (χ3n) is 4.35. The number of hydrogen-bond acceptors (Lipinski definition) is 4. The molecule has 2 saturated heterocycles. The second-order valence-electron chi connectivity index (χ2n) is 6.03. The summed E-state index contributed by atoms with van der Waals surface area (Å²) < 4.78 is 0. The van der Waals surface area contributed by atoms with Gasteiger partial charge in [0.2, 0.25) is 5.91 Å². The highest BCUT2D eigenvalue weighted by Crippen LogP contribution is 2.30.